The molecule has 0 amide bonds. The Labute approximate surface area is 119 Å². The smallest absolute Gasteiger partial charge is 0.394 e. The lowest BCUT2D eigenvalue weighted by Gasteiger charge is -2.24. The number of hydrogen-bond acceptors (Lipinski definition) is 3. The lowest BCUT2D eigenvalue weighted by molar-refractivity contribution is -0.137. The van der Waals surface area contributed by atoms with Crippen molar-refractivity contribution in [2.24, 2.45) is 0 Å². The fourth-order valence-electron chi connectivity index (χ4n) is 2.68. The Hall–Kier alpha value is -1.89. The minimum absolute atomic E-state index is 0.0291. The van der Waals surface area contributed by atoms with Gasteiger partial charge in [0.15, 0.2) is 5.82 Å². The van der Waals surface area contributed by atoms with Crippen molar-refractivity contribution >= 4 is 0 Å². The van der Waals surface area contributed by atoms with Gasteiger partial charge in [-0.05, 0) is 25.0 Å². The Kier molecular flexibility index (Phi) is 3.44. The molecule has 1 aromatic carbocycles. The molecule has 0 radical (unpaired) electrons. The quantitative estimate of drug-likeness (QED) is 0.927. The van der Waals surface area contributed by atoms with Crippen molar-refractivity contribution in [3.8, 4) is 11.4 Å². The van der Waals surface area contributed by atoms with Crippen LogP contribution in [0.15, 0.2) is 24.3 Å². The average Bonchev–Trinajstić information content (AvgIpc) is 2.90. The molecule has 1 aromatic heterocycles. The van der Waals surface area contributed by atoms with E-state index in [4.69, 9.17) is 0 Å². The highest BCUT2D eigenvalue weighted by Gasteiger charge is 2.30. The van der Waals surface area contributed by atoms with Crippen LogP contribution in [0.5, 0.6) is 0 Å². The van der Waals surface area contributed by atoms with E-state index in [1.807, 2.05) is 4.57 Å². The topological polar surface area (TPSA) is 50.9 Å². The van der Waals surface area contributed by atoms with Gasteiger partial charge in [-0.25, -0.2) is 0 Å². The Morgan fingerprint density at radius 3 is 2.52 bits per heavy atom. The van der Waals surface area contributed by atoms with Gasteiger partial charge in [0, 0.05) is 12.0 Å². The van der Waals surface area contributed by atoms with E-state index in [1.54, 1.807) is 0 Å². The number of aliphatic hydroxyl groups excluding tert-OH is 1. The van der Waals surface area contributed by atoms with Crippen LogP contribution >= 0.6 is 0 Å². The van der Waals surface area contributed by atoms with Gasteiger partial charge in [-0.3, -0.25) is 0 Å². The average molecular weight is 297 g/mol. The summed E-state index contributed by atoms with van der Waals surface area (Å²) in [6.45, 7) is -0.0291. The minimum atomic E-state index is -4.35. The zero-order valence-electron chi connectivity index (χ0n) is 11.1. The molecule has 1 N–H and O–H groups in total. The second kappa shape index (κ2) is 5.14. The fraction of sp³-hybridized carbons (Fsp3) is 0.429. The van der Waals surface area contributed by atoms with Crippen molar-refractivity contribution in [2.45, 2.75) is 31.5 Å². The molecule has 1 aliphatic heterocycles. The highest BCUT2D eigenvalue weighted by molar-refractivity contribution is 5.56. The lowest BCUT2D eigenvalue weighted by atomic mass is 10.0. The molecule has 1 aliphatic rings. The van der Waals surface area contributed by atoms with Crippen LogP contribution in [-0.4, -0.2) is 26.5 Å². The Bertz CT molecular complexity index is 634. The van der Waals surface area contributed by atoms with E-state index in [-0.39, 0.29) is 12.6 Å². The van der Waals surface area contributed by atoms with Gasteiger partial charge in [0.05, 0.1) is 18.2 Å². The third-order valence-electron chi connectivity index (χ3n) is 3.75. The van der Waals surface area contributed by atoms with Crippen LogP contribution < -0.4 is 0 Å². The molecule has 0 saturated carbocycles. The number of rotatable bonds is 2. The largest absolute Gasteiger partial charge is 0.416 e. The molecule has 1 atom stereocenters. The summed E-state index contributed by atoms with van der Waals surface area (Å²) in [5.74, 6) is 1.28. The van der Waals surface area contributed by atoms with E-state index in [0.29, 0.717) is 11.4 Å². The predicted molar refractivity (Wildman–Crippen MR) is 69.5 cm³/mol. The molecule has 0 saturated heterocycles. The van der Waals surface area contributed by atoms with Crippen molar-refractivity contribution in [3.05, 3.63) is 35.7 Å². The lowest BCUT2D eigenvalue weighted by Crippen LogP contribution is -2.21. The SMILES string of the molecule is OCC1CCCc2nnc(-c3ccc(C(F)(F)F)cc3)n21. The van der Waals surface area contributed by atoms with Crippen LogP contribution in [0.2, 0.25) is 0 Å². The maximum atomic E-state index is 12.6. The zero-order valence-corrected chi connectivity index (χ0v) is 11.1. The first kappa shape index (κ1) is 14.1. The van der Waals surface area contributed by atoms with E-state index in [1.165, 1.54) is 12.1 Å². The molecule has 2 heterocycles. The van der Waals surface area contributed by atoms with Crippen LogP contribution in [0, 0.1) is 0 Å². The summed E-state index contributed by atoms with van der Waals surface area (Å²) in [7, 11) is 0. The van der Waals surface area contributed by atoms with E-state index in [9.17, 15) is 18.3 Å². The molecule has 2 aromatic rings. The van der Waals surface area contributed by atoms with Gasteiger partial charge < -0.3 is 9.67 Å². The van der Waals surface area contributed by atoms with Crippen molar-refractivity contribution in [3.63, 3.8) is 0 Å². The number of alkyl halides is 3. The molecular weight excluding hydrogens is 283 g/mol. The van der Waals surface area contributed by atoms with Gasteiger partial charge in [-0.1, -0.05) is 12.1 Å². The molecule has 4 nitrogen and oxygen atoms in total. The van der Waals surface area contributed by atoms with Crippen LogP contribution in [0.4, 0.5) is 13.2 Å². The summed E-state index contributed by atoms with van der Waals surface area (Å²) in [5.41, 5.74) is -0.120. The molecule has 21 heavy (non-hydrogen) atoms. The molecule has 112 valence electrons. The van der Waals surface area contributed by atoms with Gasteiger partial charge >= 0.3 is 6.18 Å². The standard InChI is InChI=1S/C14H14F3N3O/c15-14(16,17)10-6-4-9(5-7-10)13-19-18-12-3-1-2-11(8-21)20(12)13/h4-7,11,21H,1-3,8H2. The molecule has 0 spiro atoms. The van der Waals surface area contributed by atoms with Crippen molar-refractivity contribution < 1.29 is 18.3 Å². The van der Waals surface area contributed by atoms with E-state index in [0.717, 1.165) is 37.2 Å². The highest BCUT2D eigenvalue weighted by atomic mass is 19.4. The molecule has 0 fully saturated rings. The number of aryl methyl sites for hydroxylation is 1. The maximum Gasteiger partial charge on any atom is 0.416 e. The number of aromatic nitrogens is 3. The summed E-state index contributed by atoms with van der Waals surface area (Å²) in [6, 6.07) is 4.74. The van der Waals surface area contributed by atoms with E-state index >= 15 is 0 Å². The van der Waals surface area contributed by atoms with Crippen LogP contribution in [0.3, 0.4) is 0 Å². The third kappa shape index (κ3) is 2.53. The summed E-state index contributed by atoms with van der Waals surface area (Å²) >= 11 is 0. The summed E-state index contributed by atoms with van der Waals surface area (Å²) in [5, 5.41) is 17.6. The molecule has 1 unspecified atom stereocenters. The first-order valence-electron chi connectivity index (χ1n) is 6.73. The van der Waals surface area contributed by atoms with Gasteiger partial charge in [0.1, 0.15) is 5.82 Å². The van der Waals surface area contributed by atoms with Gasteiger partial charge in [0.2, 0.25) is 0 Å². The minimum Gasteiger partial charge on any atom is -0.394 e. The van der Waals surface area contributed by atoms with Gasteiger partial charge in [-0.2, -0.15) is 13.2 Å². The predicted octanol–water partition coefficient (Wildman–Crippen LogP) is 2.83. The molecule has 0 bridgehead atoms. The third-order valence-corrected chi connectivity index (χ3v) is 3.75. The first-order chi connectivity index (χ1) is 10.0. The number of nitrogens with zero attached hydrogens (tertiary/aromatic N) is 3. The normalized spacial score (nSPS) is 18.6. The van der Waals surface area contributed by atoms with E-state index < -0.39 is 11.7 Å². The highest BCUT2D eigenvalue weighted by Crippen LogP contribution is 2.33. The zero-order chi connectivity index (χ0) is 15.0. The first-order valence-corrected chi connectivity index (χ1v) is 6.73. The summed E-state index contributed by atoms with van der Waals surface area (Å²) in [6.07, 6.45) is -1.84. The Balaban J connectivity index is 2.00. The second-order valence-corrected chi connectivity index (χ2v) is 5.11. The van der Waals surface area contributed by atoms with Crippen LogP contribution in [-0.2, 0) is 12.6 Å². The fourth-order valence-corrected chi connectivity index (χ4v) is 2.68. The molecule has 0 aliphatic carbocycles. The van der Waals surface area contributed by atoms with Crippen molar-refractivity contribution in [1.82, 2.24) is 14.8 Å². The van der Waals surface area contributed by atoms with Crippen molar-refractivity contribution in [2.75, 3.05) is 6.61 Å². The second-order valence-electron chi connectivity index (χ2n) is 5.11. The summed E-state index contributed by atoms with van der Waals surface area (Å²) < 4.78 is 39.6. The van der Waals surface area contributed by atoms with Crippen LogP contribution in [0.1, 0.15) is 30.3 Å². The number of halogens is 3. The van der Waals surface area contributed by atoms with Crippen LogP contribution in [0.25, 0.3) is 11.4 Å². The number of benzene rings is 1. The molecular formula is C14H14F3N3O. The summed E-state index contributed by atoms with van der Waals surface area (Å²) in [4.78, 5) is 0. The number of hydrogen-bond donors (Lipinski definition) is 1. The van der Waals surface area contributed by atoms with Gasteiger partial charge in [0.25, 0.3) is 0 Å². The van der Waals surface area contributed by atoms with Crippen molar-refractivity contribution in [1.29, 1.82) is 0 Å². The number of fused-ring (bicyclic) bond motifs is 1. The maximum absolute atomic E-state index is 12.6. The monoisotopic (exact) mass is 297 g/mol. The van der Waals surface area contributed by atoms with E-state index in [2.05, 4.69) is 10.2 Å². The molecule has 3 rings (SSSR count). The van der Waals surface area contributed by atoms with Gasteiger partial charge in [-0.15, -0.1) is 10.2 Å². The Morgan fingerprint density at radius 1 is 1.19 bits per heavy atom. The number of aliphatic hydroxyl groups is 1. The molecule has 7 heteroatoms. The Morgan fingerprint density at radius 2 is 1.90 bits per heavy atom.